The summed E-state index contributed by atoms with van der Waals surface area (Å²) in [6.07, 6.45) is -0.766. The van der Waals surface area contributed by atoms with Crippen LogP contribution in [0.15, 0.2) is 41.8 Å². The average molecular weight is 352 g/mol. The number of thiophene rings is 1. The number of ether oxygens (including phenoxy) is 1. The van der Waals surface area contributed by atoms with E-state index in [2.05, 4.69) is 10.6 Å². The van der Waals surface area contributed by atoms with Crippen LogP contribution in [0.5, 0.6) is 0 Å². The van der Waals surface area contributed by atoms with Crippen LogP contribution in [0.4, 0.5) is 20.3 Å². The van der Waals surface area contributed by atoms with Crippen molar-refractivity contribution in [3.63, 3.8) is 0 Å². The van der Waals surface area contributed by atoms with E-state index in [0.29, 0.717) is 17.3 Å². The Kier molecular flexibility index (Phi) is 4.68. The van der Waals surface area contributed by atoms with Crippen molar-refractivity contribution in [3.05, 3.63) is 46.8 Å². The highest BCUT2D eigenvalue weighted by molar-refractivity contribution is 7.14. The Hall–Kier alpha value is -2.25. The third-order valence-electron chi connectivity index (χ3n) is 3.24. The Morgan fingerprint density at radius 2 is 2.13 bits per heavy atom. The number of carbonyl (C=O) groups excluding carboxylic acids is 2. The molecule has 2 aromatic rings. The van der Waals surface area contributed by atoms with Gasteiger partial charge < -0.3 is 15.4 Å². The van der Waals surface area contributed by atoms with E-state index in [1.165, 1.54) is 11.3 Å². The van der Waals surface area contributed by atoms with Crippen molar-refractivity contribution in [2.24, 2.45) is 0 Å². The minimum absolute atomic E-state index is 0.243. The van der Waals surface area contributed by atoms with Crippen LogP contribution in [0.3, 0.4) is 0 Å². The van der Waals surface area contributed by atoms with Crippen molar-refractivity contribution in [2.75, 3.05) is 23.3 Å². The summed E-state index contributed by atoms with van der Waals surface area (Å²) < 4.78 is 5.25. The molecule has 6 nitrogen and oxygen atoms in total. The van der Waals surface area contributed by atoms with Gasteiger partial charge in [0, 0.05) is 10.7 Å². The predicted octanol–water partition coefficient (Wildman–Crippen LogP) is 3.55. The molecule has 1 aromatic carbocycles. The minimum Gasteiger partial charge on any atom is -0.442 e. The fourth-order valence-corrected chi connectivity index (χ4v) is 3.00. The van der Waals surface area contributed by atoms with Crippen LogP contribution < -0.4 is 15.5 Å². The van der Waals surface area contributed by atoms with Crippen molar-refractivity contribution >= 4 is 45.8 Å². The Balaban J connectivity index is 1.48. The van der Waals surface area contributed by atoms with E-state index in [1.54, 1.807) is 29.2 Å². The van der Waals surface area contributed by atoms with Crippen LogP contribution in [-0.2, 0) is 4.74 Å². The first kappa shape index (κ1) is 15.6. The summed E-state index contributed by atoms with van der Waals surface area (Å²) in [5.41, 5.74) is 0.635. The van der Waals surface area contributed by atoms with Crippen LogP contribution in [0.1, 0.15) is 0 Å². The Labute approximate surface area is 142 Å². The van der Waals surface area contributed by atoms with Gasteiger partial charge in [-0.3, -0.25) is 4.90 Å². The Morgan fingerprint density at radius 3 is 2.83 bits per heavy atom. The maximum Gasteiger partial charge on any atom is 0.415 e. The molecule has 1 aliphatic heterocycles. The molecule has 3 amide bonds. The second-order valence-electron chi connectivity index (χ2n) is 4.91. The molecule has 0 bridgehead atoms. The first-order valence-corrected chi connectivity index (χ1v) is 8.19. The second kappa shape index (κ2) is 6.89. The number of halogens is 1. The first-order valence-electron chi connectivity index (χ1n) is 6.94. The van der Waals surface area contributed by atoms with E-state index in [4.69, 9.17) is 16.3 Å². The zero-order valence-electron chi connectivity index (χ0n) is 12.0. The molecule has 23 heavy (non-hydrogen) atoms. The molecule has 1 unspecified atom stereocenters. The van der Waals surface area contributed by atoms with Gasteiger partial charge in [-0.1, -0.05) is 11.6 Å². The van der Waals surface area contributed by atoms with Gasteiger partial charge in [0.05, 0.1) is 13.1 Å². The molecule has 8 heteroatoms. The molecule has 0 spiro atoms. The van der Waals surface area contributed by atoms with Crippen molar-refractivity contribution in [3.8, 4) is 0 Å². The molecule has 1 saturated heterocycles. The van der Waals surface area contributed by atoms with E-state index in [0.717, 1.165) is 5.00 Å². The average Bonchev–Trinajstić information content (AvgIpc) is 3.17. The number of anilines is 2. The summed E-state index contributed by atoms with van der Waals surface area (Å²) in [7, 11) is 0. The molecule has 2 heterocycles. The number of urea groups is 1. The summed E-state index contributed by atoms with van der Waals surface area (Å²) in [4.78, 5) is 25.2. The monoisotopic (exact) mass is 351 g/mol. The van der Waals surface area contributed by atoms with Gasteiger partial charge >= 0.3 is 12.1 Å². The number of benzene rings is 1. The number of cyclic esters (lactones) is 1. The van der Waals surface area contributed by atoms with Crippen LogP contribution in [-0.4, -0.2) is 31.3 Å². The Morgan fingerprint density at radius 1 is 1.35 bits per heavy atom. The largest absolute Gasteiger partial charge is 0.442 e. The first-order chi connectivity index (χ1) is 11.1. The molecular formula is C15H14ClN3O3S. The molecule has 1 aromatic heterocycles. The fraction of sp³-hybridized carbons (Fsp3) is 0.200. The van der Waals surface area contributed by atoms with Gasteiger partial charge in [-0.25, -0.2) is 9.59 Å². The predicted molar refractivity (Wildman–Crippen MR) is 90.4 cm³/mol. The molecule has 0 saturated carbocycles. The molecule has 1 aliphatic rings. The van der Waals surface area contributed by atoms with Crippen molar-refractivity contribution in [1.29, 1.82) is 0 Å². The van der Waals surface area contributed by atoms with Gasteiger partial charge in [-0.2, -0.15) is 0 Å². The highest BCUT2D eigenvalue weighted by Gasteiger charge is 2.32. The van der Waals surface area contributed by atoms with Gasteiger partial charge in [-0.15, -0.1) is 11.3 Å². The minimum atomic E-state index is -0.391. The fourth-order valence-electron chi connectivity index (χ4n) is 2.15. The molecule has 1 atom stereocenters. The normalized spacial score (nSPS) is 17.0. The van der Waals surface area contributed by atoms with Crippen LogP contribution in [0, 0.1) is 0 Å². The number of nitrogens with one attached hydrogen (secondary N) is 2. The van der Waals surface area contributed by atoms with Crippen LogP contribution in [0.25, 0.3) is 0 Å². The maximum atomic E-state index is 11.8. The number of hydrogen-bond acceptors (Lipinski definition) is 4. The molecular weight excluding hydrogens is 338 g/mol. The molecule has 2 N–H and O–H groups in total. The lowest BCUT2D eigenvalue weighted by Gasteiger charge is -2.11. The van der Waals surface area contributed by atoms with Gasteiger partial charge in [0.25, 0.3) is 0 Å². The zero-order chi connectivity index (χ0) is 16.2. The lowest BCUT2D eigenvalue weighted by molar-refractivity contribution is 0.141. The molecule has 120 valence electrons. The van der Waals surface area contributed by atoms with E-state index in [9.17, 15) is 9.59 Å². The van der Waals surface area contributed by atoms with Crippen molar-refractivity contribution < 1.29 is 14.3 Å². The third kappa shape index (κ3) is 3.94. The number of nitrogens with zero attached hydrogens (tertiary/aromatic N) is 1. The topological polar surface area (TPSA) is 70.7 Å². The summed E-state index contributed by atoms with van der Waals surface area (Å²) in [5.74, 6) is 0. The van der Waals surface area contributed by atoms with Gasteiger partial charge in [-0.05, 0) is 41.8 Å². The number of rotatable bonds is 4. The summed E-state index contributed by atoms with van der Waals surface area (Å²) in [6.45, 7) is 0.660. The lowest BCUT2D eigenvalue weighted by Crippen LogP contribution is -2.37. The number of amides is 3. The lowest BCUT2D eigenvalue weighted by atomic mass is 10.3. The van der Waals surface area contributed by atoms with Gasteiger partial charge in [0.2, 0.25) is 0 Å². The number of carbonyl (C=O) groups is 2. The number of hydrogen-bond donors (Lipinski definition) is 2. The SMILES string of the molecule is O=C(NCC1CN(c2cccs2)C(=O)O1)Nc1ccc(Cl)cc1. The maximum absolute atomic E-state index is 11.8. The van der Waals surface area contributed by atoms with E-state index in [1.807, 2.05) is 17.5 Å². The summed E-state index contributed by atoms with van der Waals surface area (Å²) >= 11 is 7.25. The molecule has 0 aliphatic carbocycles. The molecule has 1 fully saturated rings. The molecule has 3 rings (SSSR count). The highest BCUT2D eigenvalue weighted by atomic mass is 35.5. The van der Waals surface area contributed by atoms with E-state index in [-0.39, 0.29) is 18.7 Å². The van der Waals surface area contributed by atoms with E-state index >= 15 is 0 Å². The zero-order valence-corrected chi connectivity index (χ0v) is 13.6. The quantitative estimate of drug-likeness (QED) is 0.885. The smallest absolute Gasteiger partial charge is 0.415 e. The van der Waals surface area contributed by atoms with Crippen molar-refractivity contribution in [2.45, 2.75) is 6.10 Å². The highest BCUT2D eigenvalue weighted by Crippen LogP contribution is 2.26. The van der Waals surface area contributed by atoms with E-state index < -0.39 is 6.09 Å². The standard InChI is InChI=1S/C15H14ClN3O3S/c16-10-3-5-11(6-4-10)18-14(20)17-8-12-9-19(15(21)22-12)13-2-1-7-23-13/h1-7,12H,8-9H2,(H2,17,18,20). The summed E-state index contributed by atoms with van der Waals surface area (Å²) in [5, 5.41) is 8.71. The van der Waals surface area contributed by atoms with Gasteiger partial charge in [0.15, 0.2) is 0 Å². The Bertz CT molecular complexity index is 691. The third-order valence-corrected chi connectivity index (χ3v) is 4.38. The van der Waals surface area contributed by atoms with Crippen LogP contribution >= 0.6 is 22.9 Å². The molecule has 0 radical (unpaired) electrons. The van der Waals surface area contributed by atoms with Crippen molar-refractivity contribution in [1.82, 2.24) is 5.32 Å². The van der Waals surface area contributed by atoms with Crippen LogP contribution in [0.2, 0.25) is 5.02 Å². The summed E-state index contributed by atoms with van der Waals surface area (Å²) in [6, 6.07) is 10.2. The van der Waals surface area contributed by atoms with Gasteiger partial charge in [0.1, 0.15) is 11.1 Å². The second-order valence-corrected chi connectivity index (χ2v) is 6.27.